The molecule has 0 saturated heterocycles. The topological polar surface area (TPSA) is 66.0 Å². The minimum absolute atomic E-state index is 0.0936. The summed E-state index contributed by atoms with van der Waals surface area (Å²) in [5, 5.41) is 4.29. The smallest absolute Gasteiger partial charge is 0.149 e. The fourth-order valence-corrected chi connectivity index (χ4v) is 2.19. The third-order valence-corrected chi connectivity index (χ3v) is 3.32. The quantitative estimate of drug-likeness (QED) is 0.726. The monoisotopic (exact) mass is 312 g/mol. The molecule has 0 fully saturated rings. The largest absolute Gasteiger partial charge is 0.457 e. The van der Waals surface area contributed by atoms with Gasteiger partial charge in [0.1, 0.15) is 17.3 Å². The van der Waals surface area contributed by atoms with Crippen LogP contribution in [0.2, 0.25) is 0 Å². The molecule has 2 aromatic heterocycles. The predicted octanol–water partition coefficient (Wildman–Crippen LogP) is 3.87. The number of hydrogen-bond acceptors (Lipinski definition) is 4. The van der Waals surface area contributed by atoms with Gasteiger partial charge >= 0.3 is 0 Å². The number of hydrogen-bond donors (Lipinski definition) is 1. The first-order valence-electron chi connectivity index (χ1n) is 7.37. The van der Waals surface area contributed by atoms with Crippen LogP contribution < -0.4 is 10.5 Å². The van der Waals surface area contributed by atoms with Crippen molar-refractivity contribution in [3.05, 3.63) is 54.7 Å². The second kappa shape index (κ2) is 6.48. The van der Waals surface area contributed by atoms with Crippen LogP contribution in [0.1, 0.15) is 13.3 Å². The van der Waals surface area contributed by atoms with Gasteiger partial charge in [0, 0.05) is 36.6 Å². The first-order chi connectivity index (χ1) is 11.2. The Bertz CT molecular complexity index is 816. The molecule has 0 spiro atoms. The van der Waals surface area contributed by atoms with Crippen LogP contribution in [0.15, 0.2) is 48.9 Å². The number of aromatic nitrogens is 3. The van der Waals surface area contributed by atoms with E-state index in [4.69, 9.17) is 10.5 Å². The summed E-state index contributed by atoms with van der Waals surface area (Å²) in [4.78, 5) is 4.33. The van der Waals surface area contributed by atoms with E-state index in [0.717, 1.165) is 24.2 Å². The van der Waals surface area contributed by atoms with Gasteiger partial charge in [-0.05, 0) is 24.6 Å². The lowest BCUT2D eigenvalue weighted by Crippen LogP contribution is -1.95. The van der Waals surface area contributed by atoms with Crippen LogP contribution in [0.5, 0.6) is 11.5 Å². The lowest BCUT2D eigenvalue weighted by atomic mass is 10.2. The Labute approximate surface area is 133 Å². The molecule has 23 heavy (non-hydrogen) atoms. The normalized spacial score (nSPS) is 10.7. The summed E-state index contributed by atoms with van der Waals surface area (Å²) in [5.74, 6) is 0.454. The van der Waals surface area contributed by atoms with E-state index >= 15 is 0 Å². The first-order valence-corrected chi connectivity index (χ1v) is 7.37. The molecule has 5 nitrogen and oxygen atoms in total. The van der Waals surface area contributed by atoms with Gasteiger partial charge < -0.3 is 10.5 Å². The molecular formula is C17H17FN4O. The van der Waals surface area contributed by atoms with Crippen LogP contribution in [-0.2, 0) is 6.54 Å². The third-order valence-electron chi connectivity index (χ3n) is 3.32. The number of nitrogen functional groups attached to an aromatic ring is 1. The molecule has 0 aliphatic carbocycles. The van der Waals surface area contributed by atoms with E-state index in [1.807, 2.05) is 10.9 Å². The van der Waals surface area contributed by atoms with Crippen LogP contribution in [-0.4, -0.2) is 14.8 Å². The zero-order chi connectivity index (χ0) is 16.2. The second-order valence-corrected chi connectivity index (χ2v) is 5.15. The van der Waals surface area contributed by atoms with Crippen LogP contribution >= 0.6 is 0 Å². The lowest BCUT2D eigenvalue weighted by molar-refractivity contribution is 0.477. The van der Waals surface area contributed by atoms with E-state index in [1.165, 1.54) is 12.1 Å². The lowest BCUT2D eigenvalue weighted by Gasteiger charge is -2.07. The molecule has 0 bridgehead atoms. The Morgan fingerprint density at radius 2 is 2.04 bits per heavy atom. The zero-order valence-electron chi connectivity index (χ0n) is 12.7. The Balaban J connectivity index is 1.82. The van der Waals surface area contributed by atoms with E-state index in [1.54, 1.807) is 30.6 Å². The van der Waals surface area contributed by atoms with E-state index in [2.05, 4.69) is 17.0 Å². The van der Waals surface area contributed by atoms with Crippen molar-refractivity contribution in [3.63, 3.8) is 0 Å². The molecular weight excluding hydrogens is 295 g/mol. The highest BCUT2D eigenvalue weighted by molar-refractivity contribution is 5.59. The van der Waals surface area contributed by atoms with Gasteiger partial charge in [-0.1, -0.05) is 6.92 Å². The number of rotatable bonds is 5. The fraction of sp³-hybridized carbons (Fsp3) is 0.176. The van der Waals surface area contributed by atoms with Crippen molar-refractivity contribution < 1.29 is 9.13 Å². The van der Waals surface area contributed by atoms with Crippen molar-refractivity contribution in [1.29, 1.82) is 0 Å². The van der Waals surface area contributed by atoms with Gasteiger partial charge in [-0.15, -0.1) is 0 Å². The Morgan fingerprint density at radius 1 is 1.22 bits per heavy atom. The molecule has 2 N–H and O–H groups in total. The van der Waals surface area contributed by atoms with Crippen molar-refractivity contribution in [2.24, 2.45) is 0 Å². The van der Waals surface area contributed by atoms with Crippen molar-refractivity contribution >= 4 is 5.69 Å². The number of nitrogens with two attached hydrogens (primary N) is 1. The van der Waals surface area contributed by atoms with Gasteiger partial charge in [0.2, 0.25) is 0 Å². The molecule has 0 aliphatic heterocycles. The standard InChI is InChI=1S/C17H17FN4O/c1-2-7-22-11-12(10-21-22)17-9-14(5-6-20-17)23-13-3-4-16(19)15(18)8-13/h3-6,8-11H,2,7,19H2,1H3. The van der Waals surface area contributed by atoms with Gasteiger partial charge in [0.25, 0.3) is 0 Å². The average Bonchev–Trinajstić information content (AvgIpc) is 3.00. The summed E-state index contributed by atoms with van der Waals surface area (Å²) >= 11 is 0. The SMILES string of the molecule is CCCn1cc(-c2cc(Oc3ccc(N)c(F)c3)ccn2)cn1. The molecule has 1 aromatic carbocycles. The van der Waals surface area contributed by atoms with Gasteiger partial charge in [0.15, 0.2) is 0 Å². The van der Waals surface area contributed by atoms with Gasteiger partial charge in [0.05, 0.1) is 17.6 Å². The number of anilines is 1. The predicted molar refractivity (Wildman–Crippen MR) is 86.6 cm³/mol. The van der Waals surface area contributed by atoms with Crippen LogP contribution in [0.25, 0.3) is 11.3 Å². The molecule has 3 rings (SSSR count). The summed E-state index contributed by atoms with van der Waals surface area (Å²) < 4.78 is 21.0. The van der Waals surface area contributed by atoms with Crippen LogP contribution in [0.4, 0.5) is 10.1 Å². The molecule has 3 aromatic rings. The van der Waals surface area contributed by atoms with Gasteiger partial charge in [-0.3, -0.25) is 9.67 Å². The molecule has 0 unspecified atom stereocenters. The van der Waals surface area contributed by atoms with E-state index in [-0.39, 0.29) is 5.69 Å². The molecule has 118 valence electrons. The minimum atomic E-state index is -0.502. The highest BCUT2D eigenvalue weighted by Gasteiger charge is 2.07. The van der Waals surface area contributed by atoms with E-state index in [0.29, 0.717) is 11.5 Å². The molecule has 2 heterocycles. The number of halogens is 1. The van der Waals surface area contributed by atoms with Crippen molar-refractivity contribution in [1.82, 2.24) is 14.8 Å². The van der Waals surface area contributed by atoms with Gasteiger partial charge in [-0.2, -0.15) is 5.10 Å². The van der Waals surface area contributed by atoms with Crippen LogP contribution in [0, 0.1) is 5.82 Å². The third kappa shape index (κ3) is 3.48. The van der Waals surface area contributed by atoms with Gasteiger partial charge in [-0.25, -0.2) is 4.39 Å². The summed E-state index contributed by atoms with van der Waals surface area (Å²) in [7, 11) is 0. The van der Waals surface area contributed by atoms with Crippen molar-refractivity contribution in [2.75, 3.05) is 5.73 Å². The molecule has 0 saturated carbocycles. The number of benzene rings is 1. The molecule has 0 aliphatic rings. The average molecular weight is 312 g/mol. The number of aryl methyl sites for hydroxylation is 1. The van der Waals surface area contributed by atoms with Crippen molar-refractivity contribution in [3.8, 4) is 22.8 Å². The Kier molecular flexibility index (Phi) is 4.23. The zero-order valence-corrected chi connectivity index (χ0v) is 12.7. The second-order valence-electron chi connectivity index (χ2n) is 5.15. The van der Waals surface area contributed by atoms with E-state index in [9.17, 15) is 4.39 Å². The maximum absolute atomic E-state index is 13.5. The molecule has 0 amide bonds. The summed E-state index contributed by atoms with van der Waals surface area (Å²) in [6.45, 7) is 2.96. The number of pyridine rings is 1. The summed E-state index contributed by atoms with van der Waals surface area (Å²) in [6, 6.07) is 7.86. The highest BCUT2D eigenvalue weighted by atomic mass is 19.1. The fourth-order valence-electron chi connectivity index (χ4n) is 2.19. The number of ether oxygens (including phenoxy) is 1. The van der Waals surface area contributed by atoms with Crippen molar-refractivity contribution in [2.45, 2.75) is 19.9 Å². The van der Waals surface area contributed by atoms with Crippen LogP contribution in [0.3, 0.4) is 0 Å². The summed E-state index contributed by atoms with van der Waals surface area (Å²) in [6.07, 6.45) is 6.37. The molecule has 6 heteroatoms. The highest BCUT2D eigenvalue weighted by Crippen LogP contribution is 2.27. The molecule has 0 radical (unpaired) electrons. The first kappa shape index (κ1) is 15.0. The summed E-state index contributed by atoms with van der Waals surface area (Å²) in [5.41, 5.74) is 7.21. The Hall–Kier alpha value is -2.89. The number of nitrogens with zero attached hydrogens (tertiary/aromatic N) is 3. The van der Waals surface area contributed by atoms with E-state index < -0.39 is 5.82 Å². The Morgan fingerprint density at radius 3 is 2.83 bits per heavy atom. The minimum Gasteiger partial charge on any atom is -0.457 e. The molecule has 0 atom stereocenters. The maximum atomic E-state index is 13.5. The maximum Gasteiger partial charge on any atom is 0.149 e.